The summed E-state index contributed by atoms with van der Waals surface area (Å²) in [5.74, 6) is 0.888. The zero-order chi connectivity index (χ0) is 15.5. The summed E-state index contributed by atoms with van der Waals surface area (Å²) in [6, 6.07) is 1.76. The van der Waals surface area contributed by atoms with Crippen molar-refractivity contribution in [2.24, 2.45) is 13.0 Å². The van der Waals surface area contributed by atoms with Crippen molar-refractivity contribution >= 4 is 11.7 Å². The van der Waals surface area contributed by atoms with Gasteiger partial charge in [-0.3, -0.25) is 14.5 Å². The molecular weight excluding hydrogens is 280 g/mol. The second kappa shape index (κ2) is 6.13. The smallest absolute Gasteiger partial charge is 0.272 e. The maximum absolute atomic E-state index is 12.6. The highest BCUT2D eigenvalue weighted by Gasteiger charge is 2.26. The van der Waals surface area contributed by atoms with Gasteiger partial charge in [-0.1, -0.05) is 0 Å². The molecule has 1 aliphatic rings. The van der Waals surface area contributed by atoms with Crippen LogP contribution in [0.15, 0.2) is 24.7 Å². The fourth-order valence-corrected chi connectivity index (χ4v) is 2.97. The third-order valence-corrected chi connectivity index (χ3v) is 4.13. The Hall–Kier alpha value is -2.44. The number of piperidine rings is 1. The molecule has 0 radical (unpaired) electrons. The molecule has 2 aromatic rings. The molecule has 7 heteroatoms. The Morgan fingerprint density at radius 3 is 2.91 bits per heavy atom. The average molecular weight is 300 g/mol. The molecule has 7 nitrogen and oxygen atoms in total. The molecule has 0 aliphatic carbocycles. The number of nitrogens with two attached hydrogens (primary N) is 1. The molecule has 1 amide bonds. The van der Waals surface area contributed by atoms with E-state index in [-0.39, 0.29) is 5.91 Å². The van der Waals surface area contributed by atoms with E-state index < -0.39 is 0 Å². The average Bonchev–Trinajstić information content (AvgIpc) is 2.95. The van der Waals surface area contributed by atoms with Gasteiger partial charge in [-0.15, -0.1) is 0 Å². The highest BCUT2D eigenvalue weighted by Crippen LogP contribution is 2.22. The first-order valence-electron chi connectivity index (χ1n) is 7.48. The first-order chi connectivity index (χ1) is 10.6. The number of anilines is 1. The van der Waals surface area contributed by atoms with Crippen LogP contribution in [0.4, 0.5) is 5.82 Å². The minimum absolute atomic E-state index is 0.0387. The van der Waals surface area contributed by atoms with E-state index in [0.717, 1.165) is 38.0 Å². The van der Waals surface area contributed by atoms with Crippen molar-refractivity contribution in [1.82, 2.24) is 24.6 Å². The van der Waals surface area contributed by atoms with Crippen molar-refractivity contribution in [3.05, 3.63) is 36.0 Å². The van der Waals surface area contributed by atoms with Gasteiger partial charge in [-0.05, 0) is 31.2 Å². The van der Waals surface area contributed by atoms with Gasteiger partial charge in [0.15, 0.2) is 0 Å². The van der Waals surface area contributed by atoms with E-state index in [1.54, 1.807) is 36.4 Å². The predicted molar refractivity (Wildman–Crippen MR) is 82.0 cm³/mol. The molecule has 0 saturated carbocycles. The molecule has 3 heterocycles. The van der Waals surface area contributed by atoms with Gasteiger partial charge in [0.25, 0.3) is 5.91 Å². The van der Waals surface area contributed by atoms with Crippen molar-refractivity contribution in [1.29, 1.82) is 0 Å². The molecule has 1 saturated heterocycles. The lowest BCUT2D eigenvalue weighted by Crippen LogP contribution is -2.41. The molecule has 2 aromatic heterocycles. The van der Waals surface area contributed by atoms with Crippen molar-refractivity contribution in [3.63, 3.8) is 0 Å². The largest absolute Gasteiger partial charge is 0.382 e. The summed E-state index contributed by atoms with van der Waals surface area (Å²) >= 11 is 0. The van der Waals surface area contributed by atoms with Gasteiger partial charge in [-0.2, -0.15) is 5.10 Å². The summed E-state index contributed by atoms with van der Waals surface area (Å²) in [5, 5.41) is 4.07. The van der Waals surface area contributed by atoms with Crippen LogP contribution in [0, 0.1) is 5.92 Å². The number of amides is 1. The maximum Gasteiger partial charge on any atom is 0.272 e. The third kappa shape index (κ3) is 2.93. The zero-order valence-corrected chi connectivity index (χ0v) is 12.6. The summed E-state index contributed by atoms with van der Waals surface area (Å²) in [6.45, 7) is 1.51. The first kappa shape index (κ1) is 14.5. The SMILES string of the molecule is Cn1nccc1C(=O)N1CCC[C@@H](Cc2nccnc2N)C1. The number of aryl methyl sites for hydroxylation is 1. The Morgan fingerprint density at radius 1 is 1.36 bits per heavy atom. The lowest BCUT2D eigenvalue weighted by Gasteiger charge is -2.32. The highest BCUT2D eigenvalue weighted by molar-refractivity contribution is 5.92. The van der Waals surface area contributed by atoms with E-state index in [0.29, 0.717) is 17.4 Å². The molecular formula is C15H20N6O. The zero-order valence-electron chi connectivity index (χ0n) is 12.6. The van der Waals surface area contributed by atoms with Gasteiger partial charge in [0.1, 0.15) is 11.5 Å². The predicted octanol–water partition coefficient (Wildman–Crippen LogP) is 0.887. The number of likely N-dealkylation sites (tertiary alicyclic amines) is 1. The number of hydrogen-bond donors (Lipinski definition) is 1. The second-order valence-corrected chi connectivity index (χ2v) is 5.69. The topological polar surface area (TPSA) is 89.9 Å². The summed E-state index contributed by atoms with van der Waals surface area (Å²) < 4.78 is 1.62. The van der Waals surface area contributed by atoms with Crippen molar-refractivity contribution in [2.45, 2.75) is 19.3 Å². The number of rotatable bonds is 3. The summed E-state index contributed by atoms with van der Waals surface area (Å²) in [7, 11) is 1.79. The molecule has 0 bridgehead atoms. The summed E-state index contributed by atoms with van der Waals surface area (Å²) in [4.78, 5) is 22.8. The van der Waals surface area contributed by atoms with Crippen LogP contribution in [0.1, 0.15) is 29.0 Å². The van der Waals surface area contributed by atoms with Crippen LogP contribution in [-0.2, 0) is 13.5 Å². The third-order valence-electron chi connectivity index (χ3n) is 4.13. The molecule has 1 aliphatic heterocycles. The minimum atomic E-state index is 0.0387. The Labute approximate surface area is 129 Å². The molecule has 1 atom stereocenters. The fourth-order valence-electron chi connectivity index (χ4n) is 2.97. The quantitative estimate of drug-likeness (QED) is 0.909. The van der Waals surface area contributed by atoms with Crippen LogP contribution in [0.25, 0.3) is 0 Å². The molecule has 1 fully saturated rings. The van der Waals surface area contributed by atoms with Gasteiger partial charge in [0.05, 0.1) is 5.69 Å². The monoisotopic (exact) mass is 300 g/mol. The van der Waals surface area contributed by atoms with Crippen LogP contribution in [0.5, 0.6) is 0 Å². The van der Waals surface area contributed by atoms with E-state index in [9.17, 15) is 4.79 Å². The Morgan fingerprint density at radius 2 is 2.18 bits per heavy atom. The molecule has 0 aromatic carbocycles. The van der Waals surface area contributed by atoms with E-state index in [2.05, 4.69) is 15.1 Å². The van der Waals surface area contributed by atoms with Crippen LogP contribution >= 0.6 is 0 Å². The lowest BCUT2D eigenvalue weighted by atomic mass is 9.93. The second-order valence-electron chi connectivity index (χ2n) is 5.69. The van der Waals surface area contributed by atoms with E-state index in [1.165, 1.54) is 0 Å². The van der Waals surface area contributed by atoms with Crippen LogP contribution in [-0.4, -0.2) is 43.6 Å². The number of hydrogen-bond acceptors (Lipinski definition) is 5. The number of nitrogens with zero attached hydrogens (tertiary/aromatic N) is 5. The maximum atomic E-state index is 12.6. The lowest BCUT2D eigenvalue weighted by molar-refractivity contribution is 0.0661. The number of carbonyl (C=O) groups is 1. The molecule has 3 rings (SSSR count). The van der Waals surface area contributed by atoms with Crippen molar-refractivity contribution < 1.29 is 4.79 Å². The van der Waals surface area contributed by atoms with Crippen molar-refractivity contribution in [3.8, 4) is 0 Å². The molecule has 116 valence electrons. The Kier molecular flexibility index (Phi) is 4.04. The van der Waals surface area contributed by atoms with E-state index >= 15 is 0 Å². The summed E-state index contributed by atoms with van der Waals surface area (Å²) in [6.07, 6.45) is 7.73. The standard InChI is InChI=1S/C15H20N6O/c1-20-13(4-5-19-20)15(22)21-8-2-3-11(10-21)9-12-14(16)18-7-6-17-12/h4-7,11H,2-3,8-10H2,1H3,(H2,16,18)/t11-/m0/s1. The number of aromatic nitrogens is 4. The van der Waals surface area contributed by atoms with Gasteiger partial charge < -0.3 is 10.6 Å². The number of nitrogen functional groups attached to an aromatic ring is 1. The summed E-state index contributed by atoms with van der Waals surface area (Å²) in [5.41, 5.74) is 7.31. The molecule has 0 unspecified atom stereocenters. The normalized spacial score (nSPS) is 18.4. The Balaban J connectivity index is 1.68. The van der Waals surface area contributed by atoms with Gasteiger partial charge in [0.2, 0.25) is 0 Å². The van der Waals surface area contributed by atoms with Gasteiger partial charge in [-0.25, -0.2) is 4.98 Å². The molecule has 2 N–H and O–H groups in total. The van der Waals surface area contributed by atoms with Gasteiger partial charge in [0, 0.05) is 38.7 Å². The minimum Gasteiger partial charge on any atom is -0.382 e. The van der Waals surface area contributed by atoms with Crippen LogP contribution in [0.3, 0.4) is 0 Å². The van der Waals surface area contributed by atoms with Crippen molar-refractivity contribution in [2.75, 3.05) is 18.8 Å². The first-order valence-corrected chi connectivity index (χ1v) is 7.48. The fraction of sp³-hybridized carbons (Fsp3) is 0.467. The van der Waals surface area contributed by atoms with Crippen LogP contribution in [0.2, 0.25) is 0 Å². The van der Waals surface area contributed by atoms with E-state index in [4.69, 9.17) is 5.73 Å². The van der Waals surface area contributed by atoms with Crippen LogP contribution < -0.4 is 5.73 Å². The molecule has 22 heavy (non-hydrogen) atoms. The van der Waals surface area contributed by atoms with E-state index in [1.807, 2.05) is 4.90 Å². The molecule has 0 spiro atoms. The number of carbonyl (C=O) groups excluding carboxylic acids is 1. The van der Waals surface area contributed by atoms with Gasteiger partial charge >= 0.3 is 0 Å². The Bertz CT molecular complexity index is 668. The highest BCUT2D eigenvalue weighted by atomic mass is 16.2.